The molecule has 0 radical (unpaired) electrons. The first kappa shape index (κ1) is 37.1. The van der Waals surface area contributed by atoms with Crippen LogP contribution in [0, 0.1) is 0 Å². The molecule has 0 bridgehead atoms. The maximum atomic E-state index is 13.6. The molecule has 3 N–H and O–H groups in total. The van der Waals surface area contributed by atoms with Crippen molar-refractivity contribution in [2.75, 3.05) is 38.7 Å². The van der Waals surface area contributed by atoms with Crippen molar-refractivity contribution < 1.29 is 32.6 Å². The highest BCUT2D eigenvalue weighted by atomic mass is 19.4. The molecule has 4 aromatic carbocycles. The van der Waals surface area contributed by atoms with E-state index in [9.17, 15) is 18.0 Å². The second-order valence-corrected chi connectivity index (χ2v) is 11.8. The van der Waals surface area contributed by atoms with E-state index in [1.807, 2.05) is 35.2 Å². The van der Waals surface area contributed by atoms with Gasteiger partial charge in [0.2, 0.25) is 0 Å². The molecule has 1 saturated heterocycles. The summed E-state index contributed by atoms with van der Waals surface area (Å²) in [5.41, 5.74) is 6.90. The molecule has 0 unspecified atom stereocenters. The van der Waals surface area contributed by atoms with Gasteiger partial charge in [-0.25, -0.2) is 9.59 Å². The van der Waals surface area contributed by atoms with Crippen molar-refractivity contribution in [3.8, 4) is 11.1 Å². The highest BCUT2D eigenvalue weighted by Gasteiger charge is 2.38. The second kappa shape index (κ2) is 18.7. The maximum absolute atomic E-state index is 13.6. The van der Waals surface area contributed by atoms with E-state index in [0.29, 0.717) is 13.2 Å². The van der Waals surface area contributed by atoms with Gasteiger partial charge >= 0.3 is 18.2 Å². The second-order valence-electron chi connectivity index (χ2n) is 11.8. The summed E-state index contributed by atoms with van der Waals surface area (Å²) in [6.45, 7) is 5.82. The number of likely N-dealkylation sites (tertiary alicyclic amines) is 1. The Morgan fingerprint density at radius 3 is 2.06 bits per heavy atom. The van der Waals surface area contributed by atoms with Crippen molar-refractivity contribution in [2.45, 2.75) is 44.7 Å². The van der Waals surface area contributed by atoms with Crippen LogP contribution in [0.2, 0.25) is 0 Å². The minimum atomic E-state index is -5.08. The number of halogens is 3. The van der Waals surface area contributed by atoms with Gasteiger partial charge in [0.05, 0.1) is 6.61 Å². The van der Waals surface area contributed by atoms with Gasteiger partial charge in [-0.2, -0.15) is 13.2 Å². The summed E-state index contributed by atoms with van der Waals surface area (Å²) in [6.07, 6.45) is -3.17. The molecule has 1 aliphatic heterocycles. The van der Waals surface area contributed by atoms with Crippen LogP contribution in [0.4, 0.5) is 23.7 Å². The predicted octanol–water partition coefficient (Wildman–Crippen LogP) is 7.42. The van der Waals surface area contributed by atoms with E-state index < -0.39 is 12.1 Å². The lowest BCUT2D eigenvalue weighted by Gasteiger charge is -2.38. The fraction of sp³-hybridized carbons (Fsp3) is 0.316. The number of aliphatic carboxylic acids is 1. The van der Waals surface area contributed by atoms with E-state index in [2.05, 4.69) is 94.4 Å². The number of benzene rings is 4. The Bertz CT molecular complexity index is 1580. The fourth-order valence-corrected chi connectivity index (χ4v) is 5.58. The molecule has 0 aliphatic carbocycles. The minimum absolute atomic E-state index is 0.0412. The zero-order valence-electron chi connectivity index (χ0n) is 27.5. The number of carboxylic acid groups (broad SMARTS) is 1. The molecule has 0 atom stereocenters. The van der Waals surface area contributed by atoms with Gasteiger partial charge in [-0.3, -0.25) is 4.90 Å². The number of methoxy groups -OCH3 is 1. The van der Waals surface area contributed by atoms with E-state index in [0.717, 1.165) is 56.8 Å². The Morgan fingerprint density at radius 1 is 0.837 bits per heavy atom. The fourth-order valence-electron chi connectivity index (χ4n) is 5.58. The summed E-state index contributed by atoms with van der Waals surface area (Å²) in [6, 6.07) is 37.8. The molecule has 49 heavy (non-hydrogen) atoms. The summed E-state index contributed by atoms with van der Waals surface area (Å²) in [5.74, 6) is -2.76. The summed E-state index contributed by atoms with van der Waals surface area (Å²) < 4.78 is 36.9. The number of nitrogens with one attached hydrogen (secondary N) is 2. The topological polar surface area (TPSA) is 94.1 Å². The normalized spacial score (nSPS) is 13.6. The average molecular weight is 677 g/mol. The number of para-hydroxylation sites is 1. The number of piperidine rings is 1. The molecule has 260 valence electrons. The van der Waals surface area contributed by atoms with Crippen molar-refractivity contribution in [2.24, 2.45) is 0 Å². The Kier molecular flexibility index (Phi) is 14.2. The molecule has 0 aromatic heterocycles. The van der Waals surface area contributed by atoms with Crippen molar-refractivity contribution >= 4 is 17.7 Å². The van der Waals surface area contributed by atoms with Gasteiger partial charge in [0.15, 0.2) is 0 Å². The molecule has 1 aliphatic rings. The first-order valence-electron chi connectivity index (χ1n) is 16.2. The first-order chi connectivity index (χ1) is 23.6. The lowest BCUT2D eigenvalue weighted by Crippen LogP contribution is -2.48. The number of carboxylic acids is 1. The van der Waals surface area contributed by atoms with Crippen LogP contribution < -0.4 is 10.6 Å². The zero-order chi connectivity index (χ0) is 35.1. The van der Waals surface area contributed by atoms with Gasteiger partial charge in [0.25, 0.3) is 0 Å². The minimum Gasteiger partial charge on any atom is -0.475 e. The third kappa shape index (κ3) is 12.4. The Morgan fingerprint density at radius 2 is 1.45 bits per heavy atom. The Hall–Kier alpha value is -4.71. The lowest BCUT2D eigenvalue weighted by atomic mass is 10.00. The van der Waals surface area contributed by atoms with Crippen LogP contribution in [-0.2, 0) is 29.2 Å². The molecule has 4 aromatic rings. The van der Waals surface area contributed by atoms with E-state index in [1.54, 1.807) is 7.11 Å². The van der Waals surface area contributed by atoms with Crippen molar-refractivity contribution in [3.63, 3.8) is 0 Å². The maximum Gasteiger partial charge on any atom is 0.490 e. The number of amides is 2. The highest BCUT2D eigenvalue weighted by Crippen LogP contribution is 2.25. The number of hydrogen-bond acceptors (Lipinski definition) is 5. The van der Waals surface area contributed by atoms with Crippen LogP contribution in [0.25, 0.3) is 11.1 Å². The van der Waals surface area contributed by atoms with Gasteiger partial charge in [-0.15, -0.1) is 0 Å². The third-order valence-electron chi connectivity index (χ3n) is 8.15. The van der Waals surface area contributed by atoms with Crippen LogP contribution in [0.15, 0.2) is 109 Å². The number of alkyl halides is 3. The van der Waals surface area contributed by atoms with Crippen LogP contribution in [0.3, 0.4) is 0 Å². The number of urea groups is 1. The van der Waals surface area contributed by atoms with Gasteiger partial charge in [-0.05, 0) is 58.9 Å². The number of ether oxygens (including phenoxy) is 1. The van der Waals surface area contributed by atoms with Crippen molar-refractivity contribution in [3.05, 3.63) is 126 Å². The first-order valence-corrected chi connectivity index (χ1v) is 16.2. The molecule has 1 fully saturated rings. The molecule has 2 amide bonds. The Balaban J connectivity index is 0.000000698. The van der Waals surface area contributed by atoms with Gasteiger partial charge in [0.1, 0.15) is 0 Å². The largest absolute Gasteiger partial charge is 0.490 e. The zero-order valence-corrected chi connectivity index (χ0v) is 27.5. The number of rotatable bonds is 12. The van der Waals surface area contributed by atoms with Gasteiger partial charge in [-0.1, -0.05) is 91.0 Å². The number of nitrogens with zero attached hydrogens (tertiary/aromatic N) is 2. The van der Waals surface area contributed by atoms with Gasteiger partial charge in [0, 0.05) is 58.1 Å². The van der Waals surface area contributed by atoms with E-state index in [4.69, 9.17) is 14.6 Å². The Labute approximate surface area is 285 Å². The summed E-state index contributed by atoms with van der Waals surface area (Å²) in [5, 5.41) is 13.7. The van der Waals surface area contributed by atoms with Crippen molar-refractivity contribution in [1.82, 2.24) is 15.1 Å². The molecular weight excluding hydrogens is 633 g/mol. The van der Waals surface area contributed by atoms with E-state index in [-0.39, 0.29) is 12.1 Å². The lowest BCUT2D eigenvalue weighted by molar-refractivity contribution is -0.192. The number of hydrogen-bond donors (Lipinski definition) is 3. The number of anilines is 1. The predicted molar refractivity (Wildman–Crippen MR) is 185 cm³/mol. The summed E-state index contributed by atoms with van der Waals surface area (Å²) >= 11 is 0. The monoisotopic (exact) mass is 676 g/mol. The van der Waals surface area contributed by atoms with Crippen LogP contribution >= 0.6 is 0 Å². The molecule has 5 rings (SSSR count). The van der Waals surface area contributed by atoms with E-state index in [1.165, 1.54) is 22.3 Å². The van der Waals surface area contributed by atoms with Crippen molar-refractivity contribution in [1.29, 1.82) is 0 Å². The molecule has 11 heteroatoms. The van der Waals surface area contributed by atoms with Crippen LogP contribution in [-0.4, -0.2) is 72.5 Å². The molecule has 0 spiro atoms. The van der Waals surface area contributed by atoms with Crippen LogP contribution in [0.5, 0.6) is 0 Å². The SMILES string of the molecule is COCCNCc1cccc(-c2ccc(CN(C(=O)Nc3ccccc3)C3CCN(Cc4ccccc4)CC3)cc2)c1.O=C(O)C(F)(F)F. The molecular formula is C38H43F3N4O4. The van der Waals surface area contributed by atoms with E-state index >= 15 is 0 Å². The summed E-state index contributed by atoms with van der Waals surface area (Å²) in [7, 11) is 1.72. The quantitative estimate of drug-likeness (QED) is 0.135. The molecule has 0 saturated carbocycles. The van der Waals surface area contributed by atoms with Crippen LogP contribution in [0.1, 0.15) is 29.5 Å². The number of carbonyl (C=O) groups excluding carboxylic acids is 1. The third-order valence-corrected chi connectivity index (χ3v) is 8.15. The highest BCUT2D eigenvalue weighted by molar-refractivity contribution is 5.89. The average Bonchev–Trinajstić information content (AvgIpc) is 3.11. The standard InChI is InChI=1S/C36H42N4O2.C2HF3O2/c1-42-24-21-37-26-31-11-8-12-33(25-31)32-17-15-30(16-18-32)28-40(36(41)38-34-13-6-3-7-14-34)35-19-22-39(23-20-35)27-29-9-4-2-5-10-29;3-2(4,5)1(6)7/h2-18,25,35,37H,19-24,26-28H2,1H3,(H,38,41);(H,6,7). The number of carbonyl (C=O) groups is 2. The summed E-state index contributed by atoms with van der Waals surface area (Å²) in [4.78, 5) is 27.1. The van der Waals surface area contributed by atoms with Gasteiger partial charge < -0.3 is 25.4 Å². The molecule has 1 heterocycles. The smallest absolute Gasteiger partial charge is 0.475 e. The molecule has 8 nitrogen and oxygen atoms in total.